The molecule has 0 fully saturated rings. The summed E-state index contributed by atoms with van der Waals surface area (Å²) < 4.78 is 58.9. The van der Waals surface area contributed by atoms with Crippen molar-refractivity contribution in [3.05, 3.63) is 96.1 Å². The summed E-state index contributed by atoms with van der Waals surface area (Å²) in [6, 6.07) is 24.7. The number of rotatable bonds is 6. The first-order chi connectivity index (χ1) is 19.0. The Hall–Kier alpha value is -4.54. The average molecular weight is 571 g/mol. The van der Waals surface area contributed by atoms with Crippen LogP contribution in [0.15, 0.2) is 104 Å². The second kappa shape index (κ2) is 9.58. The first kappa shape index (κ1) is 25.7. The van der Waals surface area contributed by atoms with Crippen LogP contribution in [0.2, 0.25) is 0 Å². The van der Waals surface area contributed by atoms with E-state index in [4.69, 9.17) is 8.83 Å². The molecular formula is C30H22N2O6S2. The molecule has 0 unspecified atom stereocenters. The van der Waals surface area contributed by atoms with E-state index in [1.807, 2.05) is 60.7 Å². The molecule has 2 aromatic heterocycles. The van der Waals surface area contributed by atoms with Gasteiger partial charge in [-0.1, -0.05) is 36.4 Å². The van der Waals surface area contributed by atoms with E-state index < -0.39 is 19.7 Å². The van der Waals surface area contributed by atoms with Gasteiger partial charge in [0.2, 0.25) is 11.8 Å². The topological polar surface area (TPSA) is 120 Å². The number of benzene rings is 4. The number of aromatic nitrogens is 2. The van der Waals surface area contributed by atoms with Crippen molar-refractivity contribution in [3.8, 4) is 22.9 Å². The molecule has 4 aromatic carbocycles. The Labute approximate surface area is 230 Å². The molecule has 0 spiro atoms. The van der Waals surface area contributed by atoms with Gasteiger partial charge < -0.3 is 8.83 Å². The molecule has 0 aliphatic carbocycles. The lowest BCUT2D eigenvalue weighted by atomic mass is 10.1. The fraction of sp³-hybridized carbons (Fsp3) is 0.0667. The van der Waals surface area contributed by atoms with Crippen molar-refractivity contribution < 1.29 is 25.7 Å². The normalized spacial score (nSPS) is 12.6. The number of hydrogen-bond acceptors (Lipinski definition) is 8. The number of sulfone groups is 2. The minimum atomic E-state index is -3.33. The summed E-state index contributed by atoms with van der Waals surface area (Å²) in [6.45, 7) is 0. The van der Waals surface area contributed by atoms with Gasteiger partial charge in [0.15, 0.2) is 30.8 Å². The third-order valence-electron chi connectivity index (χ3n) is 6.36. The molecule has 200 valence electrons. The zero-order chi connectivity index (χ0) is 28.1. The van der Waals surface area contributed by atoms with Crippen LogP contribution in [0.1, 0.15) is 11.1 Å². The molecule has 0 amide bonds. The molecular weight excluding hydrogens is 548 g/mol. The highest BCUT2D eigenvalue weighted by Gasteiger charge is 2.14. The van der Waals surface area contributed by atoms with E-state index in [2.05, 4.69) is 9.97 Å². The van der Waals surface area contributed by atoms with Gasteiger partial charge in [-0.25, -0.2) is 26.8 Å². The molecule has 40 heavy (non-hydrogen) atoms. The molecule has 6 aromatic rings. The first-order valence-electron chi connectivity index (χ1n) is 12.1. The van der Waals surface area contributed by atoms with E-state index in [0.29, 0.717) is 34.0 Å². The van der Waals surface area contributed by atoms with E-state index in [9.17, 15) is 16.8 Å². The zero-order valence-corrected chi connectivity index (χ0v) is 23.0. The predicted octanol–water partition coefficient (Wildman–Crippen LogP) is 6.28. The summed E-state index contributed by atoms with van der Waals surface area (Å²) in [5.74, 6) is 0.831. The van der Waals surface area contributed by atoms with Gasteiger partial charge in [-0.15, -0.1) is 0 Å². The maximum Gasteiger partial charge on any atom is 0.227 e. The van der Waals surface area contributed by atoms with Crippen LogP contribution in [-0.4, -0.2) is 39.3 Å². The van der Waals surface area contributed by atoms with Crippen molar-refractivity contribution in [2.45, 2.75) is 9.79 Å². The lowest BCUT2D eigenvalue weighted by molar-refractivity contribution is 0.598. The molecule has 0 saturated carbocycles. The van der Waals surface area contributed by atoms with E-state index in [-0.39, 0.29) is 9.79 Å². The van der Waals surface area contributed by atoms with Gasteiger partial charge in [0.25, 0.3) is 0 Å². The monoisotopic (exact) mass is 570 g/mol. The number of oxazole rings is 2. The summed E-state index contributed by atoms with van der Waals surface area (Å²) in [6.07, 6.45) is 6.28. The van der Waals surface area contributed by atoms with Gasteiger partial charge in [-0.2, -0.15) is 0 Å². The van der Waals surface area contributed by atoms with Gasteiger partial charge in [-0.05, 0) is 59.7 Å². The molecule has 0 saturated heterocycles. The molecule has 0 bridgehead atoms. The van der Waals surface area contributed by atoms with Crippen molar-refractivity contribution in [1.82, 2.24) is 9.97 Å². The lowest BCUT2D eigenvalue weighted by Gasteiger charge is -1.99. The average Bonchev–Trinajstić information content (AvgIpc) is 3.55. The van der Waals surface area contributed by atoms with Crippen LogP contribution in [-0.2, 0) is 19.7 Å². The van der Waals surface area contributed by atoms with Crippen LogP contribution >= 0.6 is 0 Å². The minimum Gasteiger partial charge on any atom is -0.436 e. The van der Waals surface area contributed by atoms with Crippen LogP contribution in [0.25, 0.3) is 57.3 Å². The summed E-state index contributed by atoms with van der Waals surface area (Å²) in [5.41, 5.74) is 5.52. The zero-order valence-electron chi connectivity index (χ0n) is 21.4. The standard InChI is InChI=1S/C30H22N2O6S2/c1-39(33,34)23-13-15-25-27(17-23)37-29(31-25)21-9-5-19(6-10-21)3-4-20-7-11-22(12-8-20)30-32-26-16-14-24(40(2,35)36)18-28(26)38-30/h3-18H,1-2H3/b4-3+. The Morgan fingerprint density at radius 1 is 0.550 bits per heavy atom. The quantitative estimate of drug-likeness (QED) is 0.215. The van der Waals surface area contributed by atoms with Crippen molar-refractivity contribution in [1.29, 1.82) is 0 Å². The van der Waals surface area contributed by atoms with Gasteiger partial charge in [-0.3, -0.25) is 0 Å². The van der Waals surface area contributed by atoms with Crippen molar-refractivity contribution in [2.24, 2.45) is 0 Å². The third kappa shape index (κ3) is 5.18. The van der Waals surface area contributed by atoms with Crippen LogP contribution in [0.5, 0.6) is 0 Å². The van der Waals surface area contributed by atoms with Gasteiger partial charge in [0, 0.05) is 35.8 Å². The molecule has 0 atom stereocenters. The van der Waals surface area contributed by atoms with E-state index in [0.717, 1.165) is 34.8 Å². The van der Waals surface area contributed by atoms with Crippen LogP contribution in [0.4, 0.5) is 0 Å². The summed E-state index contributed by atoms with van der Waals surface area (Å²) >= 11 is 0. The third-order valence-corrected chi connectivity index (χ3v) is 8.58. The maximum atomic E-state index is 11.8. The van der Waals surface area contributed by atoms with Gasteiger partial charge >= 0.3 is 0 Å². The Balaban J connectivity index is 1.17. The van der Waals surface area contributed by atoms with Crippen molar-refractivity contribution in [3.63, 3.8) is 0 Å². The fourth-order valence-electron chi connectivity index (χ4n) is 4.18. The lowest BCUT2D eigenvalue weighted by Crippen LogP contribution is -1.95. The van der Waals surface area contributed by atoms with Crippen LogP contribution in [0, 0.1) is 0 Å². The van der Waals surface area contributed by atoms with Crippen molar-refractivity contribution in [2.75, 3.05) is 12.5 Å². The van der Waals surface area contributed by atoms with E-state index in [1.54, 1.807) is 12.1 Å². The Morgan fingerprint density at radius 2 is 0.925 bits per heavy atom. The molecule has 0 aliphatic heterocycles. The SMILES string of the molecule is CS(=O)(=O)c1ccc2nc(-c3ccc(/C=C/c4ccc(-c5nc6ccc(S(C)(=O)=O)cc6o5)cc4)cc3)oc2c1. The second-order valence-corrected chi connectivity index (χ2v) is 13.5. The number of fused-ring (bicyclic) bond motifs is 2. The molecule has 6 rings (SSSR count). The largest absolute Gasteiger partial charge is 0.436 e. The highest BCUT2D eigenvalue weighted by atomic mass is 32.2. The van der Waals surface area contributed by atoms with Crippen LogP contribution < -0.4 is 0 Å². The highest BCUT2D eigenvalue weighted by Crippen LogP contribution is 2.28. The smallest absolute Gasteiger partial charge is 0.227 e. The molecule has 0 aliphatic rings. The molecule has 8 nitrogen and oxygen atoms in total. The predicted molar refractivity (Wildman–Crippen MR) is 154 cm³/mol. The Bertz CT molecular complexity index is 1980. The summed E-state index contributed by atoms with van der Waals surface area (Å²) in [7, 11) is -6.67. The Kier molecular flexibility index (Phi) is 6.16. The molecule has 2 heterocycles. The first-order valence-corrected chi connectivity index (χ1v) is 15.9. The maximum absolute atomic E-state index is 11.8. The second-order valence-electron chi connectivity index (χ2n) is 9.42. The Morgan fingerprint density at radius 3 is 1.27 bits per heavy atom. The summed E-state index contributed by atoms with van der Waals surface area (Å²) in [4.78, 5) is 9.32. The molecule has 10 heteroatoms. The van der Waals surface area contributed by atoms with E-state index >= 15 is 0 Å². The molecule has 0 N–H and O–H groups in total. The highest BCUT2D eigenvalue weighted by molar-refractivity contribution is 7.91. The number of nitrogens with zero attached hydrogens (tertiary/aromatic N) is 2. The van der Waals surface area contributed by atoms with Gasteiger partial charge in [0.05, 0.1) is 9.79 Å². The summed E-state index contributed by atoms with van der Waals surface area (Å²) in [5, 5.41) is 0. The number of hydrogen-bond donors (Lipinski definition) is 0. The van der Waals surface area contributed by atoms with Gasteiger partial charge in [0.1, 0.15) is 11.0 Å². The fourth-order valence-corrected chi connectivity index (χ4v) is 5.46. The molecule has 0 radical (unpaired) electrons. The van der Waals surface area contributed by atoms with Crippen LogP contribution in [0.3, 0.4) is 0 Å². The van der Waals surface area contributed by atoms with E-state index in [1.165, 1.54) is 24.3 Å². The minimum absolute atomic E-state index is 0.188. The van der Waals surface area contributed by atoms with Crippen molar-refractivity contribution >= 4 is 54.0 Å².